The van der Waals surface area contributed by atoms with Crippen LogP contribution in [0.15, 0.2) is 65.6 Å². The van der Waals surface area contributed by atoms with E-state index in [2.05, 4.69) is 5.32 Å². The molecule has 0 spiro atoms. The van der Waals surface area contributed by atoms with Crippen LogP contribution in [0.4, 0.5) is 11.4 Å². The quantitative estimate of drug-likeness (QED) is 0.289. The van der Waals surface area contributed by atoms with Crippen LogP contribution in [0.3, 0.4) is 0 Å². The van der Waals surface area contributed by atoms with Crippen molar-refractivity contribution < 1.29 is 14.3 Å². The summed E-state index contributed by atoms with van der Waals surface area (Å²) in [5, 5.41) is 3.35. The normalized spacial score (nSPS) is 14.5. The Kier molecular flexibility index (Phi) is 7.60. The predicted octanol–water partition coefficient (Wildman–Crippen LogP) is 6.69. The molecule has 178 valence electrons. The van der Waals surface area contributed by atoms with Gasteiger partial charge in [0.15, 0.2) is 10.9 Å². The van der Waals surface area contributed by atoms with Crippen LogP contribution in [-0.2, 0) is 9.59 Å². The number of aryl methyl sites for hydroxylation is 3. The molecule has 3 aromatic rings. The zero-order valence-corrected chi connectivity index (χ0v) is 21.8. The van der Waals surface area contributed by atoms with E-state index >= 15 is 0 Å². The van der Waals surface area contributed by atoms with Crippen LogP contribution >= 0.6 is 35.6 Å². The van der Waals surface area contributed by atoms with Crippen molar-refractivity contribution in [2.24, 2.45) is 0 Å². The molecule has 0 bridgehead atoms. The molecule has 4 rings (SSSR count). The minimum atomic E-state index is -0.296. The van der Waals surface area contributed by atoms with Gasteiger partial charge in [-0.05, 0) is 85.5 Å². The average molecular weight is 523 g/mol. The summed E-state index contributed by atoms with van der Waals surface area (Å²) in [6, 6.07) is 18.4. The fourth-order valence-electron chi connectivity index (χ4n) is 3.46. The first-order chi connectivity index (χ1) is 16.7. The fraction of sp³-hybridized carbons (Fsp3) is 0.148. The number of carbonyl (C=O) groups excluding carboxylic acids is 2. The Labute approximate surface area is 219 Å². The molecule has 2 amide bonds. The van der Waals surface area contributed by atoms with Gasteiger partial charge in [-0.3, -0.25) is 14.5 Å². The standard InChI is InChI=1S/C27H23ClN2O3S2/c1-16-8-10-21(11-18(16)3)30-26(32)24(35-27(30)34)13-19-5-4-6-22(12-19)33-15-25(31)29-23-14-20(28)9-7-17(23)2/h4-14H,15H2,1-3H3,(H,29,31)/b24-13-. The molecule has 1 fully saturated rings. The lowest BCUT2D eigenvalue weighted by Gasteiger charge is -2.15. The lowest BCUT2D eigenvalue weighted by molar-refractivity contribution is -0.118. The van der Waals surface area contributed by atoms with E-state index in [1.807, 2.05) is 57.2 Å². The van der Waals surface area contributed by atoms with E-state index in [1.54, 1.807) is 35.2 Å². The number of nitrogens with one attached hydrogen (secondary N) is 1. The molecule has 0 atom stereocenters. The third kappa shape index (κ3) is 5.93. The number of carbonyl (C=O) groups is 2. The summed E-state index contributed by atoms with van der Waals surface area (Å²) in [5.74, 6) is 0.0576. The minimum absolute atomic E-state index is 0.161. The lowest BCUT2D eigenvalue weighted by Crippen LogP contribution is -2.27. The summed E-state index contributed by atoms with van der Waals surface area (Å²) in [4.78, 5) is 27.5. The van der Waals surface area contributed by atoms with Gasteiger partial charge >= 0.3 is 0 Å². The highest BCUT2D eigenvalue weighted by molar-refractivity contribution is 8.27. The second-order valence-electron chi connectivity index (χ2n) is 8.15. The number of anilines is 2. The summed E-state index contributed by atoms with van der Waals surface area (Å²) >= 11 is 12.8. The van der Waals surface area contributed by atoms with Crippen molar-refractivity contribution in [1.29, 1.82) is 0 Å². The van der Waals surface area contributed by atoms with Crippen molar-refractivity contribution in [1.82, 2.24) is 0 Å². The SMILES string of the molecule is Cc1ccc(N2C(=O)/C(=C/c3cccc(OCC(=O)Nc4cc(Cl)ccc4C)c3)SC2=S)cc1C. The number of hydrogen-bond donors (Lipinski definition) is 1. The number of amides is 2. The number of thiocarbonyl (C=S) groups is 1. The average Bonchev–Trinajstić information content (AvgIpc) is 3.09. The first-order valence-electron chi connectivity index (χ1n) is 10.9. The first-order valence-corrected chi connectivity index (χ1v) is 12.5. The van der Waals surface area contributed by atoms with Crippen LogP contribution in [-0.4, -0.2) is 22.7 Å². The van der Waals surface area contributed by atoms with Crippen molar-refractivity contribution in [3.05, 3.63) is 92.8 Å². The number of nitrogens with zero attached hydrogens (tertiary/aromatic N) is 1. The molecule has 1 aliphatic rings. The van der Waals surface area contributed by atoms with E-state index in [1.165, 1.54) is 11.8 Å². The molecule has 0 aliphatic carbocycles. The number of thioether (sulfide) groups is 1. The van der Waals surface area contributed by atoms with Gasteiger partial charge in [-0.15, -0.1) is 0 Å². The van der Waals surface area contributed by atoms with Gasteiger partial charge in [-0.25, -0.2) is 0 Å². The number of hydrogen-bond acceptors (Lipinski definition) is 5. The van der Waals surface area contributed by atoms with Gasteiger partial charge in [0.05, 0.1) is 10.6 Å². The number of benzene rings is 3. The monoisotopic (exact) mass is 522 g/mol. The van der Waals surface area contributed by atoms with Crippen molar-refractivity contribution >= 4 is 69.2 Å². The highest BCUT2D eigenvalue weighted by atomic mass is 35.5. The van der Waals surface area contributed by atoms with E-state index in [9.17, 15) is 9.59 Å². The van der Waals surface area contributed by atoms with E-state index in [4.69, 9.17) is 28.6 Å². The number of rotatable bonds is 6. The van der Waals surface area contributed by atoms with Crippen molar-refractivity contribution in [3.63, 3.8) is 0 Å². The molecule has 0 unspecified atom stereocenters. The van der Waals surface area contributed by atoms with Gasteiger partial charge in [0.25, 0.3) is 11.8 Å². The molecule has 0 saturated carbocycles. The highest BCUT2D eigenvalue weighted by Gasteiger charge is 2.33. The molecule has 1 N–H and O–H groups in total. The maximum atomic E-state index is 13.1. The molecule has 8 heteroatoms. The molecular weight excluding hydrogens is 500 g/mol. The summed E-state index contributed by atoms with van der Waals surface area (Å²) in [7, 11) is 0. The van der Waals surface area contributed by atoms with Gasteiger partial charge in [0, 0.05) is 10.7 Å². The van der Waals surface area contributed by atoms with Crippen molar-refractivity contribution in [2.45, 2.75) is 20.8 Å². The zero-order valence-electron chi connectivity index (χ0n) is 19.4. The largest absolute Gasteiger partial charge is 0.484 e. The maximum Gasteiger partial charge on any atom is 0.270 e. The van der Waals surface area contributed by atoms with E-state index < -0.39 is 0 Å². The Balaban J connectivity index is 1.44. The van der Waals surface area contributed by atoms with E-state index in [-0.39, 0.29) is 18.4 Å². The zero-order chi connectivity index (χ0) is 25.1. The van der Waals surface area contributed by atoms with Gasteiger partial charge in [0.2, 0.25) is 0 Å². The van der Waals surface area contributed by atoms with Crippen LogP contribution in [0.1, 0.15) is 22.3 Å². The second kappa shape index (κ2) is 10.6. The fourth-order valence-corrected chi connectivity index (χ4v) is 4.94. The van der Waals surface area contributed by atoms with Crippen LogP contribution in [0.2, 0.25) is 5.02 Å². The van der Waals surface area contributed by atoms with Gasteiger partial charge in [0.1, 0.15) is 5.75 Å². The number of halogens is 1. The summed E-state index contributed by atoms with van der Waals surface area (Å²) in [6.07, 6.45) is 1.78. The van der Waals surface area contributed by atoms with Crippen LogP contribution in [0.25, 0.3) is 6.08 Å². The molecule has 0 aromatic heterocycles. The Morgan fingerprint density at radius 1 is 1.06 bits per heavy atom. The Bertz CT molecular complexity index is 1370. The Morgan fingerprint density at radius 2 is 1.83 bits per heavy atom. The van der Waals surface area contributed by atoms with E-state index in [0.29, 0.717) is 25.7 Å². The van der Waals surface area contributed by atoms with Crippen molar-refractivity contribution in [2.75, 3.05) is 16.8 Å². The third-order valence-corrected chi connectivity index (χ3v) is 7.08. The van der Waals surface area contributed by atoms with Crippen LogP contribution in [0.5, 0.6) is 5.75 Å². The van der Waals surface area contributed by atoms with Gasteiger partial charge < -0.3 is 10.1 Å². The van der Waals surface area contributed by atoms with Crippen molar-refractivity contribution in [3.8, 4) is 5.75 Å². The van der Waals surface area contributed by atoms with Crippen LogP contribution in [0, 0.1) is 20.8 Å². The summed E-state index contributed by atoms with van der Waals surface area (Å²) in [5.41, 5.74) is 5.34. The summed E-state index contributed by atoms with van der Waals surface area (Å²) < 4.78 is 6.17. The first kappa shape index (κ1) is 25.0. The molecular formula is C27H23ClN2O3S2. The Morgan fingerprint density at radius 3 is 2.60 bits per heavy atom. The second-order valence-corrected chi connectivity index (χ2v) is 10.3. The molecule has 0 radical (unpaired) electrons. The van der Waals surface area contributed by atoms with Gasteiger partial charge in [-0.1, -0.05) is 59.8 Å². The minimum Gasteiger partial charge on any atom is -0.484 e. The van der Waals surface area contributed by atoms with Crippen LogP contribution < -0.4 is 15.0 Å². The lowest BCUT2D eigenvalue weighted by atomic mass is 10.1. The molecule has 3 aromatic carbocycles. The van der Waals surface area contributed by atoms with E-state index in [0.717, 1.165) is 27.9 Å². The van der Waals surface area contributed by atoms with Gasteiger partial charge in [-0.2, -0.15) is 0 Å². The molecule has 1 saturated heterocycles. The maximum absolute atomic E-state index is 13.1. The molecule has 1 aliphatic heterocycles. The number of ether oxygens (including phenoxy) is 1. The highest BCUT2D eigenvalue weighted by Crippen LogP contribution is 2.36. The topological polar surface area (TPSA) is 58.6 Å². The summed E-state index contributed by atoms with van der Waals surface area (Å²) in [6.45, 7) is 5.76. The molecule has 5 nitrogen and oxygen atoms in total. The molecule has 1 heterocycles. The Hall–Kier alpha value is -3.13. The smallest absolute Gasteiger partial charge is 0.270 e. The predicted molar refractivity (Wildman–Crippen MR) is 148 cm³/mol. The third-order valence-electron chi connectivity index (χ3n) is 5.54. The molecule has 35 heavy (non-hydrogen) atoms.